The van der Waals surface area contributed by atoms with Gasteiger partial charge in [-0.2, -0.15) is 0 Å². The Kier molecular flexibility index (Phi) is 5.20. The van der Waals surface area contributed by atoms with Gasteiger partial charge in [-0.05, 0) is 32.0 Å². The number of benzene rings is 2. The lowest BCUT2D eigenvalue weighted by atomic mass is 10.0. The van der Waals surface area contributed by atoms with Crippen molar-refractivity contribution in [3.05, 3.63) is 69.2 Å². The van der Waals surface area contributed by atoms with Crippen molar-refractivity contribution in [1.29, 1.82) is 0 Å². The Morgan fingerprint density at radius 3 is 2.24 bits per heavy atom. The molecule has 1 unspecified atom stereocenters. The predicted octanol–water partition coefficient (Wildman–Crippen LogP) is 5.68. The molecule has 0 heterocycles. The van der Waals surface area contributed by atoms with Gasteiger partial charge < -0.3 is 5.32 Å². The van der Waals surface area contributed by atoms with E-state index in [1.54, 1.807) is 18.2 Å². The van der Waals surface area contributed by atoms with Gasteiger partial charge in [-0.25, -0.2) is 8.78 Å². The lowest BCUT2D eigenvalue weighted by molar-refractivity contribution is 0.472. The van der Waals surface area contributed by atoms with E-state index < -0.39 is 5.82 Å². The van der Waals surface area contributed by atoms with Gasteiger partial charge in [0.2, 0.25) is 0 Å². The van der Waals surface area contributed by atoms with Crippen molar-refractivity contribution in [2.24, 2.45) is 0 Å². The number of hydrogen-bond donors (Lipinski definition) is 1. The molecule has 0 radical (unpaired) electrons. The number of halogens is 4. The molecule has 1 N–H and O–H groups in total. The summed E-state index contributed by atoms with van der Waals surface area (Å²) in [6.45, 7) is 3.64. The van der Waals surface area contributed by atoms with Crippen LogP contribution in [0, 0.1) is 11.6 Å². The molecule has 21 heavy (non-hydrogen) atoms. The molecule has 2 aromatic carbocycles. The fourth-order valence-electron chi connectivity index (χ4n) is 2.31. The Bertz CT molecular complexity index is 646. The summed E-state index contributed by atoms with van der Waals surface area (Å²) in [7, 11) is 0. The topological polar surface area (TPSA) is 12.0 Å². The summed E-state index contributed by atoms with van der Waals surface area (Å²) in [5.41, 5.74) is 1.01. The molecule has 112 valence electrons. The van der Waals surface area contributed by atoms with Crippen molar-refractivity contribution in [2.45, 2.75) is 25.9 Å². The van der Waals surface area contributed by atoms with E-state index in [-0.39, 0.29) is 22.9 Å². The van der Waals surface area contributed by atoms with Gasteiger partial charge in [0.05, 0.1) is 5.02 Å². The first kappa shape index (κ1) is 16.2. The van der Waals surface area contributed by atoms with Crippen molar-refractivity contribution in [3.8, 4) is 0 Å². The van der Waals surface area contributed by atoms with Crippen LogP contribution in [-0.4, -0.2) is 0 Å². The largest absolute Gasteiger partial charge is 0.303 e. The van der Waals surface area contributed by atoms with Crippen LogP contribution in [0.25, 0.3) is 0 Å². The Labute approximate surface area is 132 Å². The van der Waals surface area contributed by atoms with E-state index in [9.17, 15) is 8.78 Å². The molecule has 0 bridgehead atoms. The third kappa shape index (κ3) is 3.54. The smallest absolute Gasteiger partial charge is 0.142 e. The van der Waals surface area contributed by atoms with Crippen molar-refractivity contribution in [3.63, 3.8) is 0 Å². The van der Waals surface area contributed by atoms with E-state index in [4.69, 9.17) is 23.2 Å². The fourth-order valence-corrected chi connectivity index (χ4v) is 3.01. The summed E-state index contributed by atoms with van der Waals surface area (Å²) in [5, 5.41) is 3.55. The molecule has 5 heteroatoms. The SMILES string of the molecule is CC(N[C@H](C)c1ccccc1F)c1c(Cl)ccc(F)c1Cl. The second kappa shape index (κ2) is 6.73. The average molecular weight is 330 g/mol. The molecule has 2 rings (SSSR count). The van der Waals surface area contributed by atoms with E-state index in [1.165, 1.54) is 18.2 Å². The van der Waals surface area contributed by atoms with Gasteiger partial charge in [-0.1, -0.05) is 41.4 Å². The highest BCUT2D eigenvalue weighted by Gasteiger charge is 2.20. The maximum absolute atomic E-state index is 13.8. The quantitative estimate of drug-likeness (QED) is 0.711. The minimum absolute atomic E-state index is 0.0109. The third-order valence-corrected chi connectivity index (χ3v) is 4.10. The summed E-state index contributed by atoms with van der Waals surface area (Å²) in [4.78, 5) is 0. The van der Waals surface area contributed by atoms with E-state index in [0.717, 1.165) is 0 Å². The van der Waals surface area contributed by atoms with Crippen LogP contribution in [-0.2, 0) is 0 Å². The van der Waals surface area contributed by atoms with Crippen LogP contribution in [0.5, 0.6) is 0 Å². The zero-order chi connectivity index (χ0) is 15.6. The van der Waals surface area contributed by atoms with Crippen LogP contribution >= 0.6 is 23.2 Å². The summed E-state index contributed by atoms with van der Waals surface area (Å²) >= 11 is 12.1. The zero-order valence-electron chi connectivity index (χ0n) is 11.6. The standard InChI is InChI=1S/C16H15Cl2F2N/c1-9(11-5-3-4-6-13(11)19)21-10(2)15-12(17)7-8-14(20)16(15)18/h3-10,21H,1-2H3/t9-,10?/m1/s1. The lowest BCUT2D eigenvalue weighted by Gasteiger charge is -2.23. The van der Waals surface area contributed by atoms with Crippen LogP contribution in [0.3, 0.4) is 0 Å². The minimum Gasteiger partial charge on any atom is -0.303 e. The highest BCUT2D eigenvalue weighted by Crippen LogP contribution is 2.33. The van der Waals surface area contributed by atoms with Gasteiger partial charge in [-0.15, -0.1) is 0 Å². The normalized spacial score (nSPS) is 14.0. The van der Waals surface area contributed by atoms with Gasteiger partial charge in [-0.3, -0.25) is 0 Å². The summed E-state index contributed by atoms with van der Waals surface area (Å²) in [5.74, 6) is -0.815. The maximum Gasteiger partial charge on any atom is 0.142 e. The molecule has 0 aliphatic carbocycles. The molecule has 0 saturated carbocycles. The number of nitrogens with one attached hydrogen (secondary N) is 1. The van der Waals surface area contributed by atoms with Gasteiger partial charge >= 0.3 is 0 Å². The molecule has 0 spiro atoms. The average Bonchev–Trinajstić information content (AvgIpc) is 2.43. The van der Waals surface area contributed by atoms with E-state index in [1.807, 2.05) is 13.8 Å². The van der Waals surface area contributed by atoms with Gasteiger partial charge in [0.15, 0.2) is 0 Å². The molecule has 0 aromatic heterocycles. The Morgan fingerprint density at radius 2 is 1.57 bits per heavy atom. The first-order valence-corrected chi connectivity index (χ1v) is 7.31. The van der Waals surface area contributed by atoms with Crippen molar-refractivity contribution >= 4 is 23.2 Å². The third-order valence-electron chi connectivity index (χ3n) is 3.38. The molecule has 2 aromatic rings. The second-order valence-electron chi connectivity index (χ2n) is 4.89. The van der Waals surface area contributed by atoms with Crippen LogP contribution < -0.4 is 5.32 Å². The first-order valence-electron chi connectivity index (χ1n) is 6.55. The Morgan fingerprint density at radius 1 is 0.905 bits per heavy atom. The van der Waals surface area contributed by atoms with E-state index in [0.29, 0.717) is 16.1 Å². The van der Waals surface area contributed by atoms with E-state index in [2.05, 4.69) is 5.32 Å². The minimum atomic E-state index is -0.525. The highest BCUT2D eigenvalue weighted by molar-refractivity contribution is 6.36. The van der Waals surface area contributed by atoms with E-state index >= 15 is 0 Å². The highest BCUT2D eigenvalue weighted by atomic mass is 35.5. The molecule has 2 atom stereocenters. The predicted molar refractivity (Wildman–Crippen MR) is 82.8 cm³/mol. The monoisotopic (exact) mass is 329 g/mol. The maximum atomic E-state index is 13.8. The molecular formula is C16H15Cl2F2N. The lowest BCUT2D eigenvalue weighted by Crippen LogP contribution is -2.24. The molecule has 0 fully saturated rings. The van der Waals surface area contributed by atoms with Gasteiger partial charge in [0, 0.05) is 28.2 Å². The molecular weight excluding hydrogens is 315 g/mol. The molecule has 0 amide bonds. The summed E-state index contributed by atoms with van der Waals surface area (Å²) in [6.07, 6.45) is 0. The summed E-state index contributed by atoms with van der Waals surface area (Å²) in [6, 6.07) is 8.60. The van der Waals surface area contributed by atoms with Gasteiger partial charge in [0.1, 0.15) is 11.6 Å². The van der Waals surface area contributed by atoms with Crippen LogP contribution in [0.1, 0.15) is 37.1 Å². The van der Waals surface area contributed by atoms with Crippen molar-refractivity contribution in [1.82, 2.24) is 5.32 Å². The van der Waals surface area contributed by atoms with Crippen LogP contribution in [0.2, 0.25) is 10.0 Å². The van der Waals surface area contributed by atoms with Crippen LogP contribution in [0.15, 0.2) is 36.4 Å². The zero-order valence-corrected chi connectivity index (χ0v) is 13.1. The second-order valence-corrected chi connectivity index (χ2v) is 5.67. The van der Waals surface area contributed by atoms with Crippen LogP contribution in [0.4, 0.5) is 8.78 Å². The van der Waals surface area contributed by atoms with Crippen molar-refractivity contribution < 1.29 is 8.78 Å². The molecule has 0 saturated heterocycles. The van der Waals surface area contributed by atoms with Crippen molar-refractivity contribution in [2.75, 3.05) is 0 Å². The molecule has 1 nitrogen and oxygen atoms in total. The molecule has 0 aliphatic heterocycles. The summed E-state index contributed by atoms with van der Waals surface area (Å²) < 4.78 is 27.3. The molecule has 0 aliphatic rings. The van der Waals surface area contributed by atoms with Gasteiger partial charge in [0.25, 0.3) is 0 Å². The Balaban J connectivity index is 2.25. The Hall–Kier alpha value is -1.16. The first-order chi connectivity index (χ1) is 9.91. The fraction of sp³-hybridized carbons (Fsp3) is 0.250. The number of hydrogen-bond acceptors (Lipinski definition) is 1. The number of rotatable bonds is 4.